The molecule has 0 fully saturated rings. The van der Waals surface area contributed by atoms with Crippen molar-refractivity contribution in [2.45, 2.75) is 70.6 Å². The van der Waals surface area contributed by atoms with Crippen LogP contribution in [0.2, 0.25) is 0 Å². The van der Waals surface area contributed by atoms with Crippen molar-refractivity contribution in [3.63, 3.8) is 0 Å². The minimum Gasteiger partial charge on any atom is -0.455 e. The molecule has 0 bridgehead atoms. The van der Waals surface area contributed by atoms with Crippen LogP contribution in [-0.2, 0) is 16.2 Å². The number of para-hydroxylation sites is 3. The van der Waals surface area contributed by atoms with E-state index in [0.29, 0.717) is 0 Å². The van der Waals surface area contributed by atoms with Gasteiger partial charge in [-0.25, -0.2) is 0 Å². The van der Waals surface area contributed by atoms with E-state index in [1.165, 1.54) is 72.3 Å². The average molecular weight is 1060 g/mol. The van der Waals surface area contributed by atoms with Crippen molar-refractivity contribution in [1.82, 2.24) is 0 Å². The lowest BCUT2D eigenvalue weighted by atomic mass is 9.59. The van der Waals surface area contributed by atoms with Crippen LogP contribution < -0.4 is 4.90 Å². The van der Waals surface area contributed by atoms with Crippen molar-refractivity contribution >= 4 is 44.6 Å². The number of hydrogen-bond acceptors (Lipinski definition) is 2. The second kappa shape index (κ2) is 19.5. The van der Waals surface area contributed by atoms with E-state index in [2.05, 4.69) is 320 Å². The molecule has 0 radical (unpaired) electrons. The molecule has 398 valence electrons. The van der Waals surface area contributed by atoms with Gasteiger partial charge in [-0.1, -0.05) is 279 Å². The SMILES string of the molecule is CC(C)(C)c1cc(C2=CC=CC3=CC=CC(c4ccccc4N(c4ccc(-c5ccc6c(c5)C(c5ccccc5)(c5ccccc5)c5ccccc5-6)cc4)c4cccc(-c5cccc6c5oc5ccccc56)c4)C32C)cc(C(C)(C)C)c1. The van der Waals surface area contributed by atoms with Crippen molar-refractivity contribution in [2.24, 2.45) is 5.41 Å². The van der Waals surface area contributed by atoms with Gasteiger partial charge in [0.25, 0.3) is 0 Å². The third-order valence-electron chi connectivity index (χ3n) is 18.1. The first-order valence-electron chi connectivity index (χ1n) is 29.1. The van der Waals surface area contributed by atoms with E-state index >= 15 is 0 Å². The predicted octanol–water partition coefficient (Wildman–Crippen LogP) is 21.6. The summed E-state index contributed by atoms with van der Waals surface area (Å²) in [7, 11) is 0. The minimum atomic E-state index is -0.491. The summed E-state index contributed by atoms with van der Waals surface area (Å²) in [6.07, 6.45) is 14.1. The quantitative estimate of drug-likeness (QED) is 0.143. The Labute approximate surface area is 483 Å². The van der Waals surface area contributed by atoms with Crippen molar-refractivity contribution in [1.29, 1.82) is 0 Å². The second-order valence-electron chi connectivity index (χ2n) is 25.0. The Bertz CT molecular complexity index is 4340. The standard InChI is InChI=1S/C80H67NO/c1-77(2,3)60-48-56(49-61(52-60)78(4,5)6)70-38-21-29-57-30-22-39-71(79(57,70)7)69-34-15-18-40-74(69)81(63-31-20-24-55(50-63)64-35-23-36-68-67-33-16-19-41-75(67)82-76(64)68)62-45-42-53(43-46-62)54-44-47-66-65-32-14-17-37-72(65)80(73(66)51-54,58-25-10-8-11-26-58)59-27-12-9-13-28-59/h8-52,71H,1-7H3. The Kier molecular flexibility index (Phi) is 12.1. The van der Waals surface area contributed by atoms with Crippen molar-refractivity contribution in [2.75, 3.05) is 4.90 Å². The van der Waals surface area contributed by atoms with Gasteiger partial charge in [0.15, 0.2) is 0 Å². The molecule has 1 aromatic heterocycles. The maximum Gasteiger partial charge on any atom is 0.143 e. The fourth-order valence-corrected chi connectivity index (χ4v) is 13.8. The second-order valence-corrected chi connectivity index (χ2v) is 25.0. The predicted molar refractivity (Wildman–Crippen MR) is 346 cm³/mol. The Hall–Kier alpha value is -9.24. The Morgan fingerprint density at radius 3 is 1.80 bits per heavy atom. The van der Waals surface area contributed by atoms with E-state index in [1.54, 1.807) is 0 Å². The van der Waals surface area contributed by atoms with Gasteiger partial charge in [-0.15, -0.1) is 0 Å². The summed E-state index contributed by atoms with van der Waals surface area (Å²) in [5.41, 5.74) is 24.2. The van der Waals surface area contributed by atoms with Gasteiger partial charge in [-0.3, -0.25) is 0 Å². The van der Waals surface area contributed by atoms with Crippen LogP contribution in [0.1, 0.15) is 98.9 Å². The molecule has 2 unspecified atom stereocenters. The Morgan fingerprint density at radius 1 is 0.439 bits per heavy atom. The number of rotatable bonds is 9. The van der Waals surface area contributed by atoms with Crippen molar-refractivity contribution in [3.05, 3.63) is 323 Å². The highest BCUT2D eigenvalue weighted by Gasteiger charge is 2.47. The molecule has 1 heterocycles. The molecule has 11 aromatic rings. The maximum atomic E-state index is 6.69. The average Bonchev–Trinajstić information content (AvgIpc) is 2.06. The highest BCUT2D eigenvalue weighted by atomic mass is 16.3. The zero-order valence-corrected chi connectivity index (χ0v) is 47.9. The van der Waals surface area contributed by atoms with Crippen LogP contribution in [0.5, 0.6) is 0 Å². The molecule has 0 saturated carbocycles. The summed E-state index contributed by atoms with van der Waals surface area (Å²) in [6, 6.07) is 88.0. The van der Waals surface area contributed by atoms with Crippen LogP contribution >= 0.6 is 0 Å². The first-order chi connectivity index (χ1) is 39.8. The zero-order chi connectivity index (χ0) is 56.0. The third kappa shape index (κ3) is 8.21. The first-order valence-corrected chi connectivity index (χ1v) is 29.1. The molecule has 14 rings (SSSR count). The molecule has 3 aliphatic rings. The van der Waals surface area contributed by atoms with Gasteiger partial charge in [-0.05, 0) is 137 Å². The summed E-state index contributed by atoms with van der Waals surface area (Å²) < 4.78 is 6.69. The van der Waals surface area contributed by atoms with Crippen LogP contribution in [0.3, 0.4) is 0 Å². The van der Waals surface area contributed by atoms with Gasteiger partial charge in [-0.2, -0.15) is 0 Å². The Morgan fingerprint density at radius 2 is 1.06 bits per heavy atom. The molecule has 0 spiro atoms. The molecular formula is C80H67NO. The van der Waals surface area contributed by atoms with Gasteiger partial charge in [0.2, 0.25) is 0 Å². The topological polar surface area (TPSA) is 16.4 Å². The summed E-state index contributed by atoms with van der Waals surface area (Å²) >= 11 is 0. The summed E-state index contributed by atoms with van der Waals surface area (Å²) in [6.45, 7) is 16.5. The molecule has 0 aliphatic heterocycles. The van der Waals surface area contributed by atoms with E-state index in [-0.39, 0.29) is 16.7 Å². The van der Waals surface area contributed by atoms with Gasteiger partial charge in [0.1, 0.15) is 11.2 Å². The number of anilines is 3. The fraction of sp³-hybridized carbons (Fsp3) is 0.150. The molecule has 2 atom stereocenters. The smallest absolute Gasteiger partial charge is 0.143 e. The summed E-state index contributed by atoms with van der Waals surface area (Å²) in [5.74, 6) is -0.0180. The molecular weight excluding hydrogens is 991 g/mol. The zero-order valence-electron chi connectivity index (χ0n) is 47.9. The fourth-order valence-electron chi connectivity index (χ4n) is 13.8. The minimum absolute atomic E-state index is 0.0180. The lowest BCUT2D eigenvalue weighted by Crippen LogP contribution is -2.32. The molecule has 2 nitrogen and oxygen atoms in total. The summed E-state index contributed by atoms with van der Waals surface area (Å²) in [4.78, 5) is 2.49. The highest BCUT2D eigenvalue weighted by Crippen LogP contribution is 2.60. The van der Waals surface area contributed by atoms with E-state index in [1.807, 2.05) is 6.07 Å². The number of allylic oxidation sites excluding steroid dienone is 8. The van der Waals surface area contributed by atoms with E-state index in [0.717, 1.165) is 55.7 Å². The van der Waals surface area contributed by atoms with E-state index in [4.69, 9.17) is 4.42 Å². The molecule has 0 saturated heterocycles. The van der Waals surface area contributed by atoms with Crippen LogP contribution in [0.15, 0.2) is 283 Å². The van der Waals surface area contributed by atoms with Gasteiger partial charge >= 0.3 is 0 Å². The normalized spacial score (nSPS) is 17.0. The maximum absolute atomic E-state index is 6.69. The van der Waals surface area contributed by atoms with E-state index < -0.39 is 10.8 Å². The first kappa shape index (κ1) is 50.9. The monoisotopic (exact) mass is 1060 g/mol. The van der Waals surface area contributed by atoms with Gasteiger partial charge in [0.05, 0.1) is 5.41 Å². The summed E-state index contributed by atoms with van der Waals surface area (Å²) in [5, 5.41) is 2.24. The Balaban J connectivity index is 0.932. The molecule has 2 heteroatoms. The number of nitrogens with zero attached hydrogens (tertiary/aromatic N) is 1. The molecule has 0 N–H and O–H groups in total. The molecule has 0 amide bonds. The number of benzene rings is 10. The van der Waals surface area contributed by atoms with Crippen molar-refractivity contribution < 1.29 is 4.42 Å². The largest absolute Gasteiger partial charge is 0.455 e. The lowest BCUT2D eigenvalue weighted by molar-refractivity contribution is 0.478. The van der Waals surface area contributed by atoms with Crippen LogP contribution in [0, 0.1) is 5.41 Å². The molecule has 82 heavy (non-hydrogen) atoms. The highest BCUT2D eigenvalue weighted by molar-refractivity contribution is 6.09. The lowest BCUT2D eigenvalue weighted by Gasteiger charge is -2.45. The number of fused-ring (bicyclic) bond motifs is 7. The van der Waals surface area contributed by atoms with Crippen LogP contribution in [0.4, 0.5) is 17.1 Å². The van der Waals surface area contributed by atoms with Gasteiger partial charge in [0, 0.05) is 44.7 Å². The van der Waals surface area contributed by atoms with Crippen LogP contribution in [0.25, 0.3) is 60.9 Å². The van der Waals surface area contributed by atoms with Gasteiger partial charge < -0.3 is 9.32 Å². The third-order valence-corrected chi connectivity index (χ3v) is 18.1. The van der Waals surface area contributed by atoms with Crippen molar-refractivity contribution in [3.8, 4) is 33.4 Å². The molecule has 3 aliphatic carbocycles. The van der Waals surface area contributed by atoms with E-state index in [9.17, 15) is 0 Å². The molecule has 10 aromatic carbocycles. The van der Waals surface area contributed by atoms with Crippen LogP contribution in [-0.4, -0.2) is 0 Å². The number of hydrogen-bond donors (Lipinski definition) is 0. The number of furan rings is 1.